The van der Waals surface area contributed by atoms with Gasteiger partial charge in [-0.15, -0.1) is 11.3 Å². The maximum absolute atomic E-state index is 13.4. The van der Waals surface area contributed by atoms with E-state index in [0.717, 1.165) is 34.7 Å². The first-order chi connectivity index (χ1) is 12.1. The summed E-state index contributed by atoms with van der Waals surface area (Å²) in [7, 11) is 0. The van der Waals surface area contributed by atoms with E-state index in [2.05, 4.69) is 14.9 Å². The van der Waals surface area contributed by atoms with Gasteiger partial charge in [0.05, 0.1) is 16.1 Å². The number of aryl methyl sites for hydroxylation is 1. The molecule has 0 unspecified atom stereocenters. The number of nitrogens with zero attached hydrogens (tertiary/aromatic N) is 2. The Balaban J connectivity index is 1.57. The summed E-state index contributed by atoms with van der Waals surface area (Å²) < 4.78 is 13.4. The molecule has 0 radical (unpaired) electrons. The molecule has 2 aromatic heterocycles. The molecular weight excluding hydrogens is 337 g/mol. The molecule has 1 N–H and O–H groups in total. The van der Waals surface area contributed by atoms with Gasteiger partial charge in [0.25, 0.3) is 5.56 Å². The number of benzene rings is 1. The topological polar surface area (TPSA) is 49.0 Å². The van der Waals surface area contributed by atoms with E-state index >= 15 is 0 Å². The van der Waals surface area contributed by atoms with E-state index in [1.807, 2.05) is 23.6 Å². The van der Waals surface area contributed by atoms with Crippen LogP contribution in [-0.4, -0.2) is 21.4 Å². The highest BCUT2D eigenvalue weighted by atomic mass is 32.1. The molecule has 0 saturated heterocycles. The van der Waals surface area contributed by atoms with Crippen LogP contribution in [0.1, 0.15) is 22.4 Å². The third-order valence-corrected chi connectivity index (χ3v) is 5.41. The smallest absolute Gasteiger partial charge is 0.255 e. The number of hydrogen-bond donors (Lipinski definition) is 1. The number of thiophene rings is 1. The molecule has 128 valence electrons. The summed E-state index contributed by atoms with van der Waals surface area (Å²) >= 11 is 1.57. The van der Waals surface area contributed by atoms with Crippen LogP contribution in [0.5, 0.6) is 0 Å². The number of hydrogen-bond acceptors (Lipinski definition) is 4. The van der Waals surface area contributed by atoms with Crippen molar-refractivity contribution in [2.75, 3.05) is 6.54 Å². The summed E-state index contributed by atoms with van der Waals surface area (Å²) in [6.07, 6.45) is 0.748. The lowest BCUT2D eigenvalue weighted by Gasteiger charge is -2.27. The minimum Gasteiger partial charge on any atom is -0.306 e. The zero-order chi connectivity index (χ0) is 17.4. The largest absolute Gasteiger partial charge is 0.306 e. The molecule has 1 aromatic carbocycles. The van der Waals surface area contributed by atoms with Crippen molar-refractivity contribution in [2.24, 2.45) is 0 Å². The molecule has 0 atom stereocenters. The van der Waals surface area contributed by atoms with Crippen molar-refractivity contribution in [1.29, 1.82) is 0 Å². The van der Waals surface area contributed by atoms with Crippen molar-refractivity contribution < 1.29 is 4.39 Å². The van der Waals surface area contributed by atoms with Crippen molar-refractivity contribution >= 4 is 11.3 Å². The van der Waals surface area contributed by atoms with Gasteiger partial charge >= 0.3 is 0 Å². The van der Waals surface area contributed by atoms with E-state index in [9.17, 15) is 9.18 Å². The molecule has 4 nitrogen and oxygen atoms in total. The number of aromatic nitrogens is 2. The van der Waals surface area contributed by atoms with Gasteiger partial charge in [-0.05, 0) is 35.6 Å². The first-order valence-corrected chi connectivity index (χ1v) is 9.11. The van der Waals surface area contributed by atoms with Crippen LogP contribution in [0.25, 0.3) is 10.7 Å². The first kappa shape index (κ1) is 16.2. The molecular formula is C19H18FN3OS. The van der Waals surface area contributed by atoms with Gasteiger partial charge in [-0.2, -0.15) is 0 Å². The van der Waals surface area contributed by atoms with Crippen LogP contribution in [0.4, 0.5) is 4.39 Å². The highest BCUT2D eigenvalue weighted by molar-refractivity contribution is 7.13. The highest BCUT2D eigenvalue weighted by Crippen LogP contribution is 2.23. The van der Waals surface area contributed by atoms with Gasteiger partial charge in [0.15, 0.2) is 5.82 Å². The van der Waals surface area contributed by atoms with E-state index in [1.165, 1.54) is 6.07 Å². The van der Waals surface area contributed by atoms with Crippen molar-refractivity contribution in [3.05, 3.63) is 74.3 Å². The summed E-state index contributed by atoms with van der Waals surface area (Å²) in [6.45, 7) is 3.88. The Bertz CT molecular complexity index is 965. The van der Waals surface area contributed by atoms with Gasteiger partial charge in [0.1, 0.15) is 5.82 Å². The van der Waals surface area contributed by atoms with Gasteiger partial charge < -0.3 is 4.98 Å². The van der Waals surface area contributed by atoms with Crippen LogP contribution in [0.15, 0.2) is 40.5 Å². The maximum Gasteiger partial charge on any atom is 0.255 e. The van der Waals surface area contributed by atoms with E-state index in [0.29, 0.717) is 24.5 Å². The second-order valence-electron chi connectivity index (χ2n) is 6.36. The number of halogens is 1. The van der Waals surface area contributed by atoms with Crippen LogP contribution < -0.4 is 5.56 Å². The Kier molecular flexibility index (Phi) is 4.23. The lowest BCUT2D eigenvalue weighted by molar-refractivity contribution is 0.241. The Hall–Kier alpha value is -2.31. The zero-order valence-electron chi connectivity index (χ0n) is 13.9. The monoisotopic (exact) mass is 355 g/mol. The van der Waals surface area contributed by atoms with E-state index in [-0.39, 0.29) is 11.4 Å². The van der Waals surface area contributed by atoms with Crippen molar-refractivity contribution in [3.8, 4) is 10.7 Å². The lowest BCUT2D eigenvalue weighted by atomic mass is 10.0. The zero-order valence-corrected chi connectivity index (χ0v) is 14.7. The third kappa shape index (κ3) is 3.27. The van der Waals surface area contributed by atoms with Crippen molar-refractivity contribution in [2.45, 2.75) is 26.4 Å². The summed E-state index contributed by atoms with van der Waals surface area (Å²) in [6, 6.07) is 9.09. The number of nitrogens with one attached hydrogen (secondary N) is 1. The molecule has 3 heterocycles. The molecule has 0 fully saturated rings. The van der Waals surface area contributed by atoms with Crippen LogP contribution in [0, 0.1) is 12.7 Å². The summed E-state index contributed by atoms with van der Waals surface area (Å²) in [5, 5.41) is 1.97. The van der Waals surface area contributed by atoms with Gasteiger partial charge in [-0.1, -0.05) is 18.2 Å². The number of aromatic amines is 1. The SMILES string of the molecule is Cc1cc(CN2CCc3nc(-c4cccs4)[nH]c(=O)c3C2)ccc1F. The van der Waals surface area contributed by atoms with E-state index in [4.69, 9.17) is 0 Å². The summed E-state index contributed by atoms with van der Waals surface area (Å²) in [5.41, 5.74) is 3.27. The molecule has 1 aliphatic heterocycles. The minimum atomic E-state index is -0.186. The number of fused-ring (bicyclic) bond motifs is 1. The summed E-state index contributed by atoms with van der Waals surface area (Å²) in [4.78, 5) is 23.3. The summed E-state index contributed by atoms with van der Waals surface area (Å²) in [5.74, 6) is 0.468. The molecule has 3 aromatic rings. The minimum absolute atomic E-state index is 0.0617. The number of rotatable bonds is 3. The quantitative estimate of drug-likeness (QED) is 0.782. The van der Waals surface area contributed by atoms with Gasteiger partial charge in [0.2, 0.25) is 0 Å². The fourth-order valence-electron chi connectivity index (χ4n) is 3.21. The Morgan fingerprint density at radius 1 is 1.36 bits per heavy atom. The second-order valence-corrected chi connectivity index (χ2v) is 7.31. The third-order valence-electron chi connectivity index (χ3n) is 4.53. The van der Waals surface area contributed by atoms with Gasteiger partial charge in [0, 0.05) is 26.1 Å². The normalized spacial score (nSPS) is 14.5. The van der Waals surface area contributed by atoms with Crippen LogP contribution in [0.3, 0.4) is 0 Å². The first-order valence-electron chi connectivity index (χ1n) is 8.23. The van der Waals surface area contributed by atoms with E-state index < -0.39 is 0 Å². The van der Waals surface area contributed by atoms with Crippen molar-refractivity contribution in [1.82, 2.24) is 14.9 Å². The molecule has 0 saturated carbocycles. The molecule has 4 rings (SSSR count). The van der Waals surface area contributed by atoms with Gasteiger partial charge in [-0.3, -0.25) is 9.69 Å². The molecule has 0 spiro atoms. The fourth-order valence-corrected chi connectivity index (χ4v) is 3.88. The predicted octanol–water partition coefficient (Wildman–Crippen LogP) is 3.50. The highest BCUT2D eigenvalue weighted by Gasteiger charge is 2.21. The maximum atomic E-state index is 13.4. The molecule has 1 aliphatic rings. The average molecular weight is 355 g/mol. The molecule has 0 bridgehead atoms. The van der Waals surface area contributed by atoms with Crippen LogP contribution in [0.2, 0.25) is 0 Å². The molecule has 0 amide bonds. The predicted molar refractivity (Wildman–Crippen MR) is 97.1 cm³/mol. The molecule has 25 heavy (non-hydrogen) atoms. The number of H-pyrrole nitrogens is 1. The lowest BCUT2D eigenvalue weighted by Crippen LogP contribution is -2.35. The Morgan fingerprint density at radius 3 is 3.00 bits per heavy atom. The van der Waals surface area contributed by atoms with Crippen LogP contribution in [-0.2, 0) is 19.5 Å². The molecule has 0 aliphatic carbocycles. The van der Waals surface area contributed by atoms with E-state index in [1.54, 1.807) is 24.3 Å². The average Bonchev–Trinajstić information content (AvgIpc) is 3.13. The fraction of sp³-hybridized carbons (Fsp3) is 0.263. The Morgan fingerprint density at radius 2 is 2.24 bits per heavy atom. The molecule has 6 heteroatoms. The van der Waals surface area contributed by atoms with Crippen LogP contribution >= 0.6 is 11.3 Å². The van der Waals surface area contributed by atoms with Gasteiger partial charge in [-0.25, -0.2) is 9.37 Å². The second kappa shape index (κ2) is 6.54. The van der Waals surface area contributed by atoms with Crippen molar-refractivity contribution in [3.63, 3.8) is 0 Å². The standard InChI is InChI=1S/C19H18FN3OS/c1-12-9-13(4-5-15(12)20)10-23-7-6-16-14(11-23)19(24)22-18(21-16)17-3-2-8-25-17/h2-5,8-9H,6-7,10-11H2,1H3,(H,21,22,24). The Labute approximate surface area is 149 Å².